The summed E-state index contributed by atoms with van der Waals surface area (Å²) in [5.74, 6) is 0.644. The maximum atomic E-state index is 7.58. The first-order valence-corrected chi connectivity index (χ1v) is 6.50. The van der Waals surface area contributed by atoms with Crippen molar-refractivity contribution in [1.29, 1.82) is 5.41 Å². The molecule has 0 saturated heterocycles. The molecule has 19 heavy (non-hydrogen) atoms. The van der Waals surface area contributed by atoms with Crippen LogP contribution in [0.25, 0.3) is 0 Å². The Morgan fingerprint density at radius 2 is 1.95 bits per heavy atom. The highest BCUT2D eigenvalue weighted by Gasteiger charge is 2.40. The zero-order valence-corrected chi connectivity index (χ0v) is 11.8. The number of nitrogens with two attached hydrogens (primary N) is 1. The Hall–Kier alpha value is -1.69. The predicted octanol–water partition coefficient (Wildman–Crippen LogP) is 0.681. The molecule has 104 valence electrons. The molecule has 1 aromatic heterocycles. The summed E-state index contributed by atoms with van der Waals surface area (Å²) >= 11 is 0. The molecule has 6 nitrogen and oxygen atoms in total. The van der Waals surface area contributed by atoms with Crippen LogP contribution in [0.1, 0.15) is 25.0 Å². The van der Waals surface area contributed by atoms with Crippen LogP contribution < -0.4 is 10.6 Å². The second-order valence-electron chi connectivity index (χ2n) is 5.47. The highest BCUT2D eigenvalue weighted by atomic mass is 15.3. The lowest BCUT2D eigenvalue weighted by Gasteiger charge is -2.49. The summed E-state index contributed by atoms with van der Waals surface area (Å²) in [6.07, 6.45) is 6.87. The molecule has 0 aliphatic heterocycles. The molecule has 1 aliphatic rings. The fraction of sp³-hybridized carbons (Fsp3) is 0.615. The van der Waals surface area contributed by atoms with Crippen molar-refractivity contribution in [3.63, 3.8) is 0 Å². The van der Waals surface area contributed by atoms with Crippen LogP contribution in [-0.4, -0.2) is 53.9 Å². The molecular weight excluding hydrogens is 240 g/mol. The van der Waals surface area contributed by atoms with Crippen LogP contribution in [0.4, 0.5) is 5.82 Å². The predicted molar refractivity (Wildman–Crippen MR) is 76.6 cm³/mol. The minimum atomic E-state index is -0.0394. The van der Waals surface area contributed by atoms with E-state index in [9.17, 15) is 0 Å². The van der Waals surface area contributed by atoms with Crippen molar-refractivity contribution in [2.75, 3.05) is 32.6 Å². The number of anilines is 1. The van der Waals surface area contributed by atoms with Gasteiger partial charge in [0.1, 0.15) is 11.5 Å². The van der Waals surface area contributed by atoms with E-state index < -0.39 is 0 Å². The van der Waals surface area contributed by atoms with E-state index >= 15 is 0 Å². The number of rotatable bonds is 5. The van der Waals surface area contributed by atoms with Gasteiger partial charge in [0.05, 0.1) is 0 Å². The maximum Gasteiger partial charge on any atom is 0.158 e. The zero-order valence-electron chi connectivity index (χ0n) is 11.8. The normalized spacial score (nSPS) is 17.1. The quantitative estimate of drug-likeness (QED) is 0.602. The van der Waals surface area contributed by atoms with Crippen molar-refractivity contribution in [2.45, 2.75) is 24.8 Å². The number of hydrogen-bond donors (Lipinski definition) is 2. The number of aromatic nitrogens is 2. The average Bonchev–Trinajstić information content (AvgIpc) is 2.33. The number of likely N-dealkylation sites (N-methyl/N-ethyl adjacent to an activating group) is 2. The third-order valence-corrected chi connectivity index (χ3v) is 4.06. The van der Waals surface area contributed by atoms with Crippen LogP contribution in [0.5, 0.6) is 0 Å². The first-order chi connectivity index (χ1) is 8.96. The van der Waals surface area contributed by atoms with Gasteiger partial charge in [-0.1, -0.05) is 0 Å². The lowest BCUT2D eigenvalue weighted by Crippen LogP contribution is -2.57. The van der Waals surface area contributed by atoms with Gasteiger partial charge >= 0.3 is 0 Å². The van der Waals surface area contributed by atoms with Gasteiger partial charge in [0, 0.05) is 31.5 Å². The molecule has 0 atom stereocenters. The Balaban J connectivity index is 2.20. The fourth-order valence-electron chi connectivity index (χ4n) is 2.65. The second kappa shape index (κ2) is 5.13. The van der Waals surface area contributed by atoms with Crippen LogP contribution >= 0.6 is 0 Å². The molecule has 0 aromatic carbocycles. The lowest BCUT2D eigenvalue weighted by atomic mass is 9.75. The Kier molecular flexibility index (Phi) is 3.71. The lowest BCUT2D eigenvalue weighted by molar-refractivity contribution is 0.0681. The first kappa shape index (κ1) is 13.7. The van der Waals surface area contributed by atoms with E-state index in [1.807, 2.05) is 7.05 Å². The van der Waals surface area contributed by atoms with Gasteiger partial charge in [0.15, 0.2) is 5.82 Å². The fourth-order valence-corrected chi connectivity index (χ4v) is 2.65. The summed E-state index contributed by atoms with van der Waals surface area (Å²) in [7, 11) is 6.23. The monoisotopic (exact) mass is 262 g/mol. The number of nitrogens with zero attached hydrogens (tertiary/aromatic N) is 4. The highest BCUT2D eigenvalue weighted by Crippen LogP contribution is 2.37. The van der Waals surface area contributed by atoms with Crippen molar-refractivity contribution in [1.82, 2.24) is 14.9 Å². The molecule has 0 unspecified atom stereocenters. The standard InChI is InChI=1S/C13H22N6/c1-18(2)13(5-4-6-13)9-19(3)12-10(11(14)15)16-7-8-17-12/h7-8H,4-6,9H2,1-3H3,(H3,14,15). The summed E-state index contributed by atoms with van der Waals surface area (Å²) in [4.78, 5) is 12.8. The Morgan fingerprint density at radius 1 is 1.32 bits per heavy atom. The topological polar surface area (TPSA) is 82.1 Å². The summed E-state index contributed by atoms with van der Waals surface area (Å²) in [6, 6.07) is 0. The van der Waals surface area contributed by atoms with E-state index in [4.69, 9.17) is 11.1 Å². The van der Waals surface area contributed by atoms with Crippen molar-refractivity contribution in [2.24, 2.45) is 5.73 Å². The molecule has 2 rings (SSSR count). The molecule has 0 amide bonds. The minimum Gasteiger partial charge on any atom is -0.382 e. The van der Waals surface area contributed by atoms with Gasteiger partial charge in [-0.3, -0.25) is 5.41 Å². The summed E-state index contributed by atoms with van der Waals surface area (Å²) in [5.41, 5.74) is 6.23. The molecule has 1 saturated carbocycles. The van der Waals surface area contributed by atoms with Gasteiger partial charge in [0.25, 0.3) is 0 Å². The van der Waals surface area contributed by atoms with Crippen LogP contribution in [0, 0.1) is 5.41 Å². The van der Waals surface area contributed by atoms with Crippen molar-refractivity contribution < 1.29 is 0 Å². The van der Waals surface area contributed by atoms with Gasteiger partial charge in [-0.05, 0) is 33.4 Å². The highest BCUT2D eigenvalue weighted by molar-refractivity contribution is 5.97. The number of nitrogen functional groups attached to an aromatic ring is 1. The van der Waals surface area contributed by atoms with Gasteiger partial charge in [-0.15, -0.1) is 0 Å². The van der Waals surface area contributed by atoms with Crippen molar-refractivity contribution in [3.8, 4) is 0 Å². The molecule has 1 heterocycles. The molecule has 3 N–H and O–H groups in total. The molecular formula is C13H22N6. The summed E-state index contributed by atoms with van der Waals surface area (Å²) < 4.78 is 0. The molecule has 0 spiro atoms. The van der Waals surface area contributed by atoms with E-state index in [0.29, 0.717) is 11.5 Å². The SMILES string of the molecule is CN(CC1(N(C)C)CCC1)c1nccnc1C(=N)N. The molecule has 0 bridgehead atoms. The zero-order chi connectivity index (χ0) is 14.0. The maximum absolute atomic E-state index is 7.58. The molecule has 0 radical (unpaired) electrons. The smallest absolute Gasteiger partial charge is 0.158 e. The van der Waals surface area contributed by atoms with E-state index in [1.54, 1.807) is 12.4 Å². The van der Waals surface area contributed by atoms with Crippen LogP contribution in [0.15, 0.2) is 12.4 Å². The summed E-state index contributed by atoms with van der Waals surface area (Å²) in [6.45, 7) is 0.874. The third-order valence-electron chi connectivity index (χ3n) is 4.06. The van der Waals surface area contributed by atoms with Crippen LogP contribution in [0.3, 0.4) is 0 Å². The number of amidine groups is 1. The summed E-state index contributed by atoms with van der Waals surface area (Å²) in [5, 5.41) is 7.58. The van der Waals surface area contributed by atoms with Crippen LogP contribution in [-0.2, 0) is 0 Å². The van der Waals surface area contributed by atoms with E-state index in [2.05, 4.69) is 33.9 Å². The van der Waals surface area contributed by atoms with Gasteiger partial charge in [0.2, 0.25) is 0 Å². The van der Waals surface area contributed by atoms with Crippen molar-refractivity contribution in [3.05, 3.63) is 18.1 Å². The molecule has 1 aliphatic carbocycles. The van der Waals surface area contributed by atoms with Crippen molar-refractivity contribution >= 4 is 11.7 Å². The van der Waals surface area contributed by atoms with Gasteiger partial charge in [-0.2, -0.15) is 0 Å². The molecule has 1 fully saturated rings. The first-order valence-electron chi connectivity index (χ1n) is 6.50. The van der Waals surface area contributed by atoms with Gasteiger partial charge < -0.3 is 15.5 Å². The second-order valence-corrected chi connectivity index (χ2v) is 5.47. The number of hydrogen-bond acceptors (Lipinski definition) is 5. The van der Waals surface area contributed by atoms with E-state index in [0.717, 1.165) is 6.54 Å². The molecule has 6 heteroatoms. The van der Waals surface area contributed by atoms with E-state index in [-0.39, 0.29) is 11.4 Å². The average molecular weight is 262 g/mol. The van der Waals surface area contributed by atoms with Crippen LogP contribution in [0.2, 0.25) is 0 Å². The Morgan fingerprint density at radius 3 is 2.42 bits per heavy atom. The van der Waals surface area contributed by atoms with Gasteiger partial charge in [-0.25, -0.2) is 9.97 Å². The third kappa shape index (κ3) is 2.53. The Bertz CT molecular complexity index is 466. The molecule has 1 aromatic rings. The largest absolute Gasteiger partial charge is 0.382 e. The number of nitrogens with one attached hydrogen (secondary N) is 1. The minimum absolute atomic E-state index is 0.0394. The Labute approximate surface area is 114 Å². The van der Waals surface area contributed by atoms with E-state index in [1.165, 1.54) is 19.3 Å².